The minimum Gasteiger partial charge on any atom is -0.354 e. The fourth-order valence-corrected chi connectivity index (χ4v) is 4.80. The smallest absolute Gasteiger partial charge is 0.295 e. The highest BCUT2D eigenvalue weighted by Crippen LogP contribution is 2.26. The number of aromatic nitrogens is 2. The van der Waals surface area contributed by atoms with Gasteiger partial charge in [-0.05, 0) is 61.4 Å². The molecule has 0 aliphatic carbocycles. The Kier molecular flexibility index (Phi) is 3.71. The summed E-state index contributed by atoms with van der Waals surface area (Å²) in [5, 5.41) is 1.05. The number of aromatic amines is 2. The van der Waals surface area contributed by atoms with Crippen molar-refractivity contribution in [2.45, 2.75) is 18.7 Å². The predicted octanol–water partition coefficient (Wildman–Crippen LogP) is 3.54. The second kappa shape index (κ2) is 6.01. The average molecular weight is 420 g/mol. The first-order valence-electron chi connectivity index (χ1n) is 9.18. The van der Waals surface area contributed by atoms with Gasteiger partial charge in [0, 0.05) is 21.7 Å². The van der Waals surface area contributed by atoms with E-state index in [-0.39, 0.29) is 21.7 Å². The minimum atomic E-state index is -4.60. The van der Waals surface area contributed by atoms with Crippen LogP contribution in [-0.2, 0) is 10.1 Å². The minimum absolute atomic E-state index is 0.117. The van der Waals surface area contributed by atoms with Gasteiger partial charge in [-0.25, -0.2) is 0 Å². The zero-order valence-electron chi connectivity index (χ0n) is 16.0. The van der Waals surface area contributed by atoms with E-state index >= 15 is 0 Å². The number of benzene rings is 3. The fraction of sp³-hybridized carbons (Fsp3) is 0.0909. The Balaban J connectivity index is 2.01. The van der Waals surface area contributed by atoms with Crippen molar-refractivity contribution < 1.29 is 13.0 Å². The third kappa shape index (κ3) is 2.65. The molecule has 2 heterocycles. The molecule has 0 unspecified atom stereocenters. The van der Waals surface area contributed by atoms with Crippen LogP contribution in [0.2, 0.25) is 0 Å². The van der Waals surface area contributed by atoms with Crippen molar-refractivity contribution in [3.05, 3.63) is 74.0 Å². The van der Waals surface area contributed by atoms with Crippen LogP contribution in [0.5, 0.6) is 0 Å². The average Bonchev–Trinajstić information content (AvgIpc) is 2.66. The lowest BCUT2D eigenvalue weighted by Crippen LogP contribution is -2.12. The van der Waals surface area contributed by atoms with Gasteiger partial charge in [0.1, 0.15) is 4.90 Å². The fourth-order valence-electron chi connectivity index (χ4n) is 4.00. The number of pyridine rings is 2. The summed E-state index contributed by atoms with van der Waals surface area (Å²) in [4.78, 5) is 32.0. The molecular weight excluding hydrogens is 404 g/mol. The number of nitrogens with one attached hydrogen (secondary N) is 2. The van der Waals surface area contributed by atoms with Crippen molar-refractivity contribution in [3.63, 3.8) is 0 Å². The molecule has 0 aliphatic rings. The summed E-state index contributed by atoms with van der Waals surface area (Å²) in [7, 11) is -4.60. The summed E-state index contributed by atoms with van der Waals surface area (Å²) >= 11 is 0. The SMILES string of the molecule is Cc1ccc2c(=O)c3cc4[nH]c5cc(C)cc(S(=O)(=O)O)c5c(=O)c4cc3[nH]c2c1. The second-order valence-corrected chi connectivity index (χ2v) is 8.95. The van der Waals surface area contributed by atoms with Gasteiger partial charge in [-0.2, -0.15) is 8.42 Å². The Bertz CT molecular complexity index is 1780. The molecular formula is C22H16N2O5S. The molecule has 0 fully saturated rings. The van der Waals surface area contributed by atoms with Crippen molar-refractivity contribution >= 4 is 53.7 Å². The molecule has 0 atom stereocenters. The Morgan fingerprint density at radius 2 is 1.27 bits per heavy atom. The lowest BCUT2D eigenvalue weighted by Gasteiger charge is -2.10. The normalized spacial score (nSPS) is 12.4. The largest absolute Gasteiger partial charge is 0.354 e. The summed E-state index contributed by atoms with van der Waals surface area (Å²) in [6.07, 6.45) is 0. The van der Waals surface area contributed by atoms with Crippen molar-refractivity contribution in [2.24, 2.45) is 0 Å². The summed E-state index contributed by atoms with van der Waals surface area (Å²) in [6.45, 7) is 3.58. The van der Waals surface area contributed by atoms with Crippen molar-refractivity contribution in [3.8, 4) is 0 Å². The quantitative estimate of drug-likeness (QED) is 0.283. The third-order valence-electron chi connectivity index (χ3n) is 5.36. The molecule has 150 valence electrons. The molecule has 0 spiro atoms. The van der Waals surface area contributed by atoms with Gasteiger partial charge in [0.15, 0.2) is 10.9 Å². The van der Waals surface area contributed by atoms with E-state index in [9.17, 15) is 22.6 Å². The van der Waals surface area contributed by atoms with Gasteiger partial charge in [0.05, 0.1) is 21.9 Å². The van der Waals surface area contributed by atoms with Crippen LogP contribution in [0.15, 0.2) is 56.9 Å². The highest BCUT2D eigenvalue weighted by molar-refractivity contribution is 7.86. The number of hydrogen-bond donors (Lipinski definition) is 3. The Hall–Kier alpha value is -3.49. The van der Waals surface area contributed by atoms with Crippen molar-refractivity contribution in [1.82, 2.24) is 9.97 Å². The summed E-state index contributed by atoms with van der Waals surface area (Å²) in [5.74, 6) is 0. The molecule has 7 nitrogen and oxygen atoms in total. The highest BCUT2D eigenvalue weighted by atomic mass is 32.2. The van der Waals surface area contributed by atoms with Crippen LogP contribution in [0.4, 0.5) is 0 Å². The number of fused-ring (bicyclic) bond motifs is 4. The molecule has 5 aromatic rings. The highest BCUT2D eigenvalue weighted by Gasteiger charge is 2.20. The number of hydrogen-bond acceptors (Lipinski definition) is 4. The molecule has 30 heavy (non-hydrogen) atoms. The number of H-pyrrole nitrogens is 2. The van der Waals surface area contributed by atoms with Crippen LogP contribution in [0.25, 0.3) is 43.6 Å². The summed E-state index contributed by atoms with van der Waals surface area (Å²) < 4.78 is 33.4. The lowest BCUT2D eigenvalue weighted by molar-refractivity contribution is 0.484. The second-order valence-electron chi connectivity index (χ2n) is 7.56. The van der Waals surface area contributed by atoms with Gasteiger partial charge >= 0.3 is 0 Å². The monoisotopic (exact) mass is 420 g/mol. The van der Waals surface area contributed by atoms with E-state index in [2.05, 4.69) is 9.97 Å². The van der Waals surface area contributed by atoms with Crippen LogP contribution in [-0.4, -0.2) is 22.9 Å². The Morgan fingerprint density at radius 3 is 1.93 bits per heavy atom. The molecule has 0 saturated carbocycles. The number of rotatable bonds is 1. The van der Waals surface area contributed by atoms with Gasteiger partial charge in [-0.3, -0.25) is 14.1 Å². The van der Waals surface area contributed by atoms with E-state index in [1.165, 1.54) is 6.07 Å². The van der Waals surface area contributed by atoms with Gasteiger partial charge in [0.25, 0.3) is 10.1 Å². The zero-order chi connectivity index (χ0) is 21.4. The van der Waals surface area contributed by atoms with Crippen molar-refractivity contribution in [1.29, 1.82) is 0 Å². The van der Waals surface area contributed by atoms with Gasteiger partial charge in [-0.15, -0.1) is 0 Å². The first-order chi connectivity index (χ1) is 14.1. The molecule has 0 radical (unpaired) electrons. The standard InChI is InChI=1S/C22H16N2O5S/c1-10-3-4-12-15(5-10)23-16-9-14-17(8-13(16)21(12)25)24-18-6-11(2)7-19(30(27,28)29)20(18)22(14)26/h3-9H,1-2H3,(H,23,25)(H,24,26)(H,27,28,29). The molecule has 5 rings (SSSR count). The van der Waals surface area contributed by atoms with Gasteiger partial charge < -0.3 is 9.97 Å². The number of aryl methyl sites for hydroxylation is 2. The zero-order valence-corrected chi connectivity index (χ0v) is 16.8. The first-order valence-corrected chi connectivity index (χ1v) is 10.6. The summed E-state index contributed by atoms with van der Waals surface area (Å²) in [6, 6.07) is 11.5. The molecule has 3 N–H and O–H groups in total. The van der Waals surface area contributed by atoms with E-state index in [1.807, 2.05) is 19.1 Å². The van der Waals surface area contributed by atoms with Crippen LogP contribution in [0.3, 0.4) is 0 Å². The third-order valence-corrected chi connectivity index (χ3v) is 6.23. The maximum absolute atomic E-state index is 13.2. The van der Waals surface area contributed by atoms with Gasteiger partial charge in [-0.1, -0.05) is 6.07 Å². The maximum Gasteiger partial charge on any atom is 0.295 e. The van der Waals surface area contributed by atoms with Gasteiger partial charge in [0.2, 0.25) is 0 Å². The van der Waals surface area contributed by atoms with E-state index < -0.39 is 20.4 Å². The van der Waals surface area contributed by atoms with Crippen LogP contribution in [0.1, 0.15) is 11.1 Å². The molecule has 0 amide bonds. The van der Waals surface area contributed by atoms with E-state index in [0.29, 0.717) is 32.9 Å². The van der Waals surface area contributed by atoms with Crippen LogP contribution >= 0.6 is 0 Å². The molecule has 2 aromatic heterocycles. The lowest BCUT2D eigenvalue weighted by atomic mass is 10.0. The topological polar surface area (TPSA) is 120 Å². The Labute approximate surface area is 169 Å². The predicted molar refractivity (Wildman–Crippen MR) is 117 cm³/mol. The molecule has 8 heteroatoms. The first kappa shape index (κ1) is 18.5. The van der Waals surface area contributed by atoms with E-state index in [1.54, 1.807) is 31.2 Å². The Morgan fingerprint density at radius 1 is 0.700 bits per heavy atom. The van der Waals surface area contributed by atoms with Crippen molar-refractivity contribution in [2.75, 3.05) is 0 Å². The molecule has 3 aromatic carbocycles. The van der Waals surface area contributed by atoms with E-state index in [4.69, 9.17) is 0 Å². The molecule has 0 saturated heterocycles. The summed E-state index contributed by atoms with van der Waals surface area (Å²) in [5.41, 5.74) is 2.63. The molecule has 0 aliphatic heterocycles. The van der Waals surface area contributed by atoms with E-state index in [0.717, 1.165) is 5.56 Å². The van der Waals surface area contributed by atoms with Crippen LogP contribution < -0.4 is 10.9 Å². The maximum atomic E-state index is 13.2. The molecule has 0 bridgehead atoms. The van der Waals surface area contributed by atoms with Crippen LogP contribution in [0, 0.1) is 13.8 Å².